The number of hydrogen-bond acceptors (Lipinski definition) is 3. The second-order valence-corrected chi connectivity index (χ2v) is 4.07. The zero-order valence-electron chi connectivity index (χ0n) is 9.76. The SMILES string of the molecule is CC(C)n1c(CO)nnc1-c1cccc(F)c1. The average Bonchev–Trinajstić information content (AvgIpc) is 2.72. The summed E-state index contributed by atoms with van der Waals surface area (Å²) in [5.74, 6) is 0.745. The number of benzene rings is 1. The lowest BCUT2D eigenvalue weighted by molar-refractivity contribution is 0.262. The number of aromatic nitrogens is 3. The average molecular weight is 235 g/mol. The van der Waals surface area contributed by atoms with Gasteiger partial charge in [-0.25, -0.2) is 4.39 Å². The Hall–Kier alpha value is -1.75. The molecular formula is C12H14FN3O. The third-order valence-corrected chi connectivity index (χ3v) is 2.51. The number of nitrogens with zero attached hydrogens (tertiary/aromatic N) is 3. The van der Waals surface area contributed by atoms with Crippen molar-refractivity contribution in [2.45, 2.75) is 26.5 Å². The van der Waals surface area contributed by atoms with E-state index in [-0.39, 0.29) is 18.5 Å². The first kappa shape index (κ1) is 11.7. The van der Waals surface area contributed by atoms with Crippen LogP contribution in [0.2, 0.25) is 0 Å². The summed E-state index contributed by atoms with van der Waals surface area (Å²) in [6.07, 6.45) is 0. The van der Waals surface area contributed by atoms with Gasteiger partial charge in [0.2, 0.25) is 0 Å². The van der Waals surface area contributed by atoms with Crippen LogP contribution in [0.5, 0.6) is 0 Å². The zero-order chi connectivity index (χ0) is 12.4. The monoisotopic (exact) mass is 235 g/mol. The van der Waals surface area contributed by atoms with Gasteiger partial charge in [-0.05, 0) is 26.0 Å². The topological polar surface area (TPSA) is 50.9 Å². The maximum Gasteiger partial charge on any atom is 0.164 e. The Morgan fingerprint density at radius 1 is 1.35 bits per heavy atom. The summed E-state index contributed by atoms with van der Waals surface area (Å²) in [5.41, 5.74) is 0.658. The Balaban J connectivity index is 2.56. The van der Waals surface area contributed by atoms with E-state index in [2.05, 4.69) is 10.2 Å². The Labute approximate surface area is 98.7 Å². The number of rotatable bonds is 3. The number of hydrogen-bond donors (Lipinski definition) is 1. The maximum absolute atomic E-state index is 13.2. The van der Waals surface area contributed by atoms with E-state index in [0.29, 0.717) is 17.2 Å². The van der Waals surface area contributed by atoms with E-state index in [4.69, 9.17) is 0 Å². The van der Waals surface area contributed by atoms with Crippen LogP contribution in [0.3, 0.4) is 0 Å². The minimum Gasteiger partial charge on any atom is -0.388 e. The molecule has 0 unspecified atom stereocenters. The fourth-order valence-electron chi connectivity index (χ4n) is 1.80. The Bertz CT molecular complexity index is 522. The lowest BCUT2D eigenvalue weighted by Crippen LogP contribution is -2.08. The van der Waals surface area contributed by atoms with Crippen molar-refractivity contribution in [3.05, 3.63) is 35.9 Å². The largest absolute Gasteiger partial charge is 0.388 e. The highest BCUT2D eigenvalue weighted by molar-refractivity contribution is 5.55. The van der Waals surface area contributed by atoms with Crippen molar-refractivity contribution >= 4 is 0 Å². The summed E-state index contributed by atoms with van der Waals surface area (Å²) in [6.45, 7) is 3.75. The number of aliphatic hydroxyl groups excluding tert-OH is 1. The molecule has 90 valence electrons. The van der Waals surface area contributed by atoms with Crippen LogP contribution in [0.1, 0.15) is 25.7 Å². The molecule has 5 heteroatoms. The summed E-state index contributed by atoms with van der Waals surface area (Å²) in [7, 11) is 0. The third kappa shape index (κ3) is 2.19. The van der Waals surface area contributed by atoms with Gasteiger partial charge in [0.15, 0.2) is 11.6 Å². The molecule has 0 aliphatic rings. The van der Waals surface area contributed by atoms with Crippen molar-refractivity contribution in [1.82, 2.24) is 14.8 Å². The smallest absolute Gasteiger partial charge is 0.164 e. The van der Waals surface area contributed by atoms with Gasteiger partial charge >= 0.3 is 0 Å². The molecule has 0 fully saturated rings. The molecular weight excluding hydrogens is 221 g/mol. The van der Waals surface area contributed by atoms with Crippen LogP contribution in [0.4, 0.5) is 4.39 Å². The highest BCUT2D eigenvalue weighted by Gasteiger charge is 2.15. The van der Waals surface area contributed by atoms with E-state index in [1.54, 1.807) is 16.7 Å². The molecule has 0 saturated heterocycles. The van der Waals surface area contributed by atoms with Gasteiger partial charge in [0.1, 0.15) is 12.4 Å². The van der Waals surface area contributed by atoms with Gasteiger partial charge in [0.25, 0.3) is 0 Å². The first-order valence-electron chi connectivity index (χ1n) is 5.44. The molecule has 0 radical (unpaired) electrons. The summed E-state index contributed by atoms with van der Waals surface area (Å²) < 4.78 is 15.0. The molecule has 0 aliphatic heterocycles. The molecule has 1 aromatic carbocycles. The van der Waals surface area contributed by atoms with Gasteiger partial charge in [-0.2, -0.15) is 0 Å². The van der Waals surface area contributed by atoms with E-state index in [1.807, 2.05) is 13.8 Å². The van der Waals surface area contributed by atoms with Crippen LogP contribution in [-0.2, 0) is 6.61 Å². The second kappa shape index (κ2) is 4.63. The molecule has 2 aromatic rings. The van der Waals surface area contributed by atoms with Crippen molar-refractivity contribution in [2.75, 3.05) is 0 Å². The van der Waals surface area contributed by atoms with Crippen LogP contribution in [0.15, 0.2) is 24.3 Å². The first-order chi connectivity index (χ1) is 8.13. The normalized spacial score (nSPS) is 11.1. The third-order valence-electron chi connectivity index (χ3n) is 2.51. The van der Waals surface area contributed by atoms with Crippen LogP contribution >= 0.6 is 0 Å². The van der Waals surface area contributed by atoms with Crippen molar-refractivity contribution < 1.29 is 9.50 Å². The Morgan fingerprint density at radius 3 is 2.71 bits per heavy atom. The summed E-state index contributed by atoms with van der Waals surface area (Å²) in [4.78, 5) is 0. The Kier molecular flexibility index (Phi) is 3.19. The molecule has 0 amide bonds. The maximum atomic E-state index is 13.2. The van der Waals surface area contributed by atoms with Crippen molar-refractivity contribution in [3.63, 3.8) is 0 Å². The first-order valence-corrected chi connectivity index (χ1v) is 5.44. The van der Waals surface area contributed by atoms with Crippen molar-refractivity contribution in [3.8, 4) is 11.4 Å². The minimum absolute atomic E-state index is 0.102. The van der Waals surface area contributed by atoms with E-state index >= 15 is 0 Å². The van der Waals surface area contributed by atoms with Gasteiger partial charge in [0, 0.05) is 11.6 Å². The van der Waals surface area contributed by atoms with E-state index in [0.717, 1.165) is 0 Å². The zero-order valence-corrected chi connectivity index (χ0v) is 9.76. The molecule has 1 N–H and O–H groups in total. The lowest BCUT2D eigenvalue weighted by Gasteiger charge is -2.12. The van der Waals surface area contributed by atoms with Gasteiger partial charge in [0.05, 0.1) is 0 Å². The van der Waals surface area contributed by atoms with Crippen molar-refractivity contribution in [2.24, 2.45) is 0 Å². The molecule has 0 saturated carbocycles. The molecule has 0 bridgehead atoms. The van der Waals surface area contributed by atoms with Gasteiger partial charge in [-0.15, -0.1) is 10.2 Å². The molecule has 1 heterocycles. The van der Waals surface area contributed by atoms with Crippen LogP contribution in [0.25, 0.3) is 11.4 Å². The molecule has 1 aromatic heterocycles. The molecule has 2 rings (SSSR count). The van der Waals surface area contributed by atoms with Crippen LogP contribution < -0.4 is 0 Å². The van der Waals surface area contributed by atoms with Gasteiger partial charge < -0.3 is 9.67 Å². The predicted molar refractivity (Wildman–Crippen MR) is 61.7 cm³/mol. The quantitative estimate of drug-likeness (QED) is 0.886. The molecule has 0 atom stereocenters. The predicted octanol–water partition coefficient (Wildman–Crippen LogP) is 2.16. The van der Waals surface area contributed by atoms with E-state index < -0.39 is 0 Å². The molecule has 17 heavy (non-hydrogen) atoms. The lowest BCUT2D eigenvalue weighted by atomic mass is 10.2. The highest BCUT2D eigenvalue weighted by atomic mass is 19.1. The highest BCUT2D eigenvalue weighted by Crippen LogP contribution is 2.22. The number of halogens is 1. The fraction of sp³-hybridized carbons (Fsp3) is 0.333. The molecule has 4 nitrogen and oxygen atoms in total. The summed E-state index contributed by atoms with van der Waals surface area (Å²) >= 11 is 0. The Morgan fingerprint density at radius 2 is 2.12 bits per heavy atom. The van der Waals surface area contributed by atoms with E-state index in [1.165, 1.54) is 12.1 Å². The van der Waals surface area contributed by atoms with Gasteiger partial charge in [-0.3, -0.25) is 0 Å². The summed E-state index contributed by atoms with van der Waals surface area (Å²) in [6, 6.07) is 6.29. The molecule has 0 spiro atoms. The second-order valence-electron chi connectivity index (χ2n) is 4.07. The summed E-state index contributed by atoms with van der Waals surface area (Å²) in [5, 5.41) is 17.1. The van der Waals surface area contributed by atoms with Crippen LogP contribution in [-0.4, -0.2) is 19.9 Å². The van der Waals surface area contributed by atoms with Crippen molar-refractivity contribution in [1.29, 1.82) is 0 Å². The fourth-order valence-corrected chi connectivity index (χ4v) is 1.80. The molecule has 0 aliphatic carbocycles. The standard InChI is InChI=1S/C12H14FN3O/c1-8(2)16-11(7-17)14-15-12(16)9-4-3-5-10(13)6-9/h3-6,8,17H,7H2,1-2H3. The van der Waals surface area contributed by atoms with Crippen LogP contribution in [0, 0.1) is 5.82 Å². The minimum atomic E-state index is -0.314. The van der Waals surface area contributed by atoms with E-state index in [9.17, 15) is 9.50 Å². The van der Waals surface area contributed by atoms with Gasteiger partial charge in [-0.1, -0.05) is 12.1 Å². The number of aliphatic hydroxyl groups is 1.